The molecular formula is C42H46N4O7SSe. The van der Waals surface area contributed by atoms with Crippen LogP contribution in [0.4, 0.5) is 17.1 Å². The van der Waals surface area contributed by atoms with E-state index in [1.54, 1.807) is 0 Å². The second kappa shape index (κ2) is 17.3. The Morgan fingerprint density at radius 3 is 2.40 bits per heavy atom. The molecule has 2 aliphatic rings. The summed E-state index contributed by atoms with van der Waals surface area (Å²) in [5.74, 6) is -1.94. The predicted molar refractivity (Wildman–Crippen MR) is 213 cm³/mol. The Labute approximate surface area is 328 Å². The average molecular weight is 830 g/mol. The van der Waals surface area contributed by atoms with Crippen LogP contribution in [0.5, 0.6) is 0 Å². The molecule has 4 aromatic rings. The summed E-state index contributed by atoms with van der Waals surface area (Å²) in [5, 5.41) is 0.598. The minimum Gasteiger partial charge on any atom is -0.748 e. The third-order valence-corrected chi connectivity index (χ3v) is 13.2. The van der Waals surface area contributed by atoms with Crippen LogP contribution >= 0.6 is 0 Å². The number of fused-ring (bicyclic) bond motifs is 2. The molecule has 1 saturated heterocycles. The van der Waals surface area contributed by atoms with Crippen LogP contribution in [0.25, 0.3) is 15.9 Å². The number of hydroxylamine groups is 2. The molecule has 0 atom stereocenters. The molecule has 13 heteroatoms. The zero-order valence-electron chi connectivity index (χ0n) is 31.3. The van der Waals surface area contributed by atoms with Gasteiger partial charge in [-0.1, -0.05) is 18.2 Å². The van der Waals surface area contributed by atoms with Crippen LogP contribution in [0.15, 0.2) is 103 Å². The molecule has 0 unspecified atom stereocenters. The summed E-state index contributed by atoms with van der Waals surface area (Å²) >= 11 is 0.121. The van der Waals surface area contributed by atoms with Gasteiger partial charge < -0.3 is 4.55 Å². The number of hydrogen-bond acceptors (Lipinski definition) is 9. The fraction of sp³-hybridized carbons (Fsp3) is 0.333. The van der Waals surface area contributed by atoms with Gasteiger partial charge in [0, 0.05) is 12.7 Å². The first-order chi connectivity index (χ1) is 26.3. The van der Waals surface area contributed by atoms with Crippen LogP contribution in [0.3, 0.4) is 0 Å². The van der Waals surface area contributed by atoms with Crippen molar-refractivity contribution in [2.24, 2.45) is 0 Å². The number of hydrogen-bond donors (Lipinski definition) is 0. The maximum atomic E-state index is 12.2. The van der Waals surface area contributed by atoms with E-state index in [9.17, 15) is 27.4 Å². The molecule has 0 N–H and O–H groups in total. The first-order valence-electron chi connectivity index (χ1n) is 18.5. The fourth-order valence-electron chi connectivity index (χ4n) is 7.09. The predicted octanol–water partition coefficient (Wildman–Crippen LogP) is 6.31. The minimum atomic E-state index is -4.34. The van der Waals surface area contributed by atoms with Gasteiger partial charge in [0.2, 0.25) is 0 Å². The van der Waals surface area contributed by atoms with E-state index in [-0.39, 0.29) is 40.2 Å². The number of amides is 2. The molecule has 1 fully saturated rings. The fourth-order valence-corrected chi connectivity index (χ4v) is 9.88. The van der Waals surface area contributed by atoms with Crippen molar-refractivity contribution in [3.63, 3.8) is 0 Å². The molecule has 11 nitrogen and oxygen atoms in total. The van der Waals surface area contributed by atoms with E-state index in [0.29, 0.717) is 18.0 Å². The van der Waals surface area contributed by atoms with Crippen LogP contribution in [0, 0.1) is 0 Å². The summed E-state index contributed by atoms with van der Waals surface area (Å²) in [7, 11) is -2.30. The van der Waals surface area contributed by atoms with Crippen molar-refractivity contribution in [3.05, 3.63) is 113 Å². The van der Waals surface area contributed by atoms with E-state index >= 15 is 0 Å². The van der Waals surface area contributed by atoms with Crippen LogP contribution in [-0.4, -0.2) is 69.7 Å². The smallest absolute Gasteiger partial charge is 0.748 e. The average Bonchev–Trinajstić information content (AvgIpc) is 3.75. The topological polar surface area (TPSA) is 131 Å². The van der Waals surface area contributed by atoms with Gasteiger partial charge in [-0.05, 0) is 12.1 Å². The van der Waals surface area contributed by atoms with Crippen LogP contribution < -0.4 is 14.4 Å². The normalized spacial score (nSPS) is 16.3. The summed E-state index contributed by atoms with van der Waals surface area (Å²) in [6, 6.07) is 24.9. The van der Waals surface area contributed by atoms with Gasteiger partial charge in [-0.25, -0.2) is 8.42 Å². The quantitative estimate of drug-likeness (QED) is 0.0319. The Bertz CT molecular complexity index is 2250. The molecule has 3 aromatic carbocycles. The Hall–Kier alpha value is -4.81. The van der Waals surface area contributed by atoms with Crippen LogP contribution in [0.1, 0.15) is 68.9 Å². The number of unbranched alkanes of at least 4 members (excludes halogenated alkanes) is 2. The van der Waals surface area contributed by atoms with Gasteiger partial charge in [-0.3, -0.25) is 0 Å². The number of allylic oxidation sites excluding steroid dienone is 5. The molecule has 6 rings (SSSR count). The molecule has 0 bridgehead atoms. The molecule has 0 radical (unpaired) electrons. The van der Waals surface area contributed by atoms with Crippen molar-refractivity contribution in [2.45, 2.75) is 70.8 Å². The van der Waals surface area contributed by atoms with Crippen molar-refractivity contribution in [1.82, 2.24) is 5.06 Å². The van der Waals surface area contributed by atoms with Crippen LogP contribution in [0.2, 0.25) is 0 Å². The molecule has 3 heterocycles. The van der Waals surface area contributed by atoms with Crippen molar-refractivity contribution in [2.75, 3.05) is 29.1 Å². The first-order valence-corrected chi connectivity index (χ1v) is 21.8. The van der Waals surface area contributed by atoms with Gasteiger partial charge in [-0.2, -0.15) is 0 Å². The molecule has 0 spiro atoms. The molecule has 0 saturated carbocycles. The van der Waals surface area contributed by atoms with E-state index in [2.05, 4.69) is 88.9 Å². The van der Waals surface area contributed by atoms with Gasteiger partial charge in [0.05, 0.1) is 0 Å². The number of para-hydroxylation sites is 2. The second-order valence-corrected chi connectivity index (χ2v) is 18.0. The second-order valence-electron chi connectivity index (χ2n) is 14.2. The Morgan fingerprint density at radius 2 is 1.65 bits per heavy atom. The van der Waals surface area contributed by atoms with Gasteiger partial charge in [-0.15, -0.1) is 0 Å². The number of aryl methyl sites for hydroxylation is 1. The molecule has 0 aliphatic carbocycles. The molecule has 1 aromatic heterocycles. The number of benzene rings is 3. The Balaban J connectivity index is 1.15. The standard InChI is InChI=1S/C42H46N4O7SSe/c1-42(2)33-30-32(43(3)31-16-7-4-8-17-31)23-24-34(33)44(28-15-29-54(50,51)52)37(42)20-9-5-10-21-40-45(35-18-12-13-19-36(35)55-40)27-14-6-11-22-41(49)53-46-38(47)25-26-39(46)48/h4-5,7-10,12-13,16-21,23-24,30H,6,11,14-15,22,25-29H2,1-3H3. The molecule has 2 amide bonds. The van der Waals surface area contributed by atoms with Crippen molar-refractivity contribution >= 4 is 75.3 Å². The number of imide groups is 1. The van der Waals surface area contributed by atoms with Crippen LogP contribution in [-0.2, 0) is 41.3 Å². The van der Waals surface area contributed by atoms with Crippen molar-refractivity contribution in [3.8, 4) is 0 Å². The number of nitrogens with zero attached hydrogens (tertiary/aromatic N) is 4. The first kappa shape index (κ1) is 39.9. The van der Waals surface area contributed by atoms with Gasteiger partial charge in [0.25, 0.3) is 0 Å². The number of rotatable bonds is 16. The Morgan fingerprint density at radius 1 is 0.927 bits per heavy atom. The SMILES string of the molecule is CN(c1ccccc1)c1ccc2c(c1)C(C)(C)\C(=C/C=C/C=C/c1[se]c3ccccc3[n+]1CCCCCC(=O)ON1C(=O)CCC1=O)N2CCCS(=O)(=O)[O-]. The summed E-state index contributed by atoms with van der Waals surface area (Å²) in [5.41, 5.74) is 6.05. The summed E-state index contributed by atoms with van der Waals surface area (Å²) in [6.07, 6.45) is 13.0. The van der Waals surface area contributed by atoms with E-state index < -0.39 is 39.1 Å². The van der Waals surface area contributed by atoms with E-state index in [4.69, 9.17) is 4.84 Å². The third kappa shape index (κ3) is 9.53. The summed E-state index contributed by atoms with van der Waals surface area (Å²) in [6.45, 7) is 5.52. The monoisotopic (exact) mass is 830 g/mol. The molecule has 55 heavy (non-hydrogen) atoms. The zero-order valence-corrected chi connectivity index (χ0v) is 33.9. The number of carbonyl (C=O) groups excluding carboxylic acids is 3. The molecular weight excluding hydrogens is 784 g/mol. The summed E-state index contributed by atoms with van der Waals surface area (Å²) < 4.78 is 39.3. The van der Waals surface area contributed by atoms with Gasteiger partial charge in [0.1, 0.15) is 0 Å². The molecule has 2 aliphatic heterocycles. The van der Waals surface area contributed by atoms with Crippen molar-refractivity contribution < 1.29 is 36.8 Å². The van der Waals surface area contributed by atoms with Gasteiger partial charge >= 0.3 is 274 Å². The summed E-state index contributed by atoms with van der Waals surface area (Å²) in [4.78, 5) is 45.0. The molecule has 288 valence electrons. The number of carbonyl (C=O) groups is 3. The number of aromatic nitrogens is 1. The number of anilines is 3. The van der Waals surface area contributed by atoms with E-state index in [1.165, 1.54) is 14.3 Å². The van der Waals surface area contributed by atoms with E-state index in [1.807, 2.05) is 49.5 Å². The van der Waals surface area contributed by atoms with Gasteiger partial charge in [0.15, 0.2) is 0 Å². The maximum absolute atomic E-state index is 12.2. The minimum absolute atomic E-state index is 0.0757. The van der Waals surface area contributed by atoms with E-state index in [0.717, 1.165) is 47.7 Å². The van der Waals surface area contributed by atoms with Crippen molar-refractivity contribution in [1.29, 1.82) is 0 Å². The zero-order chi connectivity index (χ0) is 39.2. The Kier molecular flexibility index (Phi) is 12.6. The third-order valence-electron chi connectivity index (χ3n) is 10.00.